The lowest BCUT2D eigenvalue weighted by molar-refractivity contribution is -0.121. The minimum absolute atomic E-state index is 0.0130. The van der Waals surface area contributed by atoms with Gasteiger partial charge in [0.25, 0.3) is 0 Å². The van der Waals surface area contributed by atoms with Gasteiger partial charge in [-0.25, -0.2) is 0 Å². The molecule has 1 aromatic rings. The predicted octanol–water partition coefficient (Wildman–Crippen LogP) is 2.71. The Hall–Kier alpha value is -1.07. The van der Waals surface area contributed by atoms with Crippen LogP contribution in [0.4, 0.5) is 0 Å². The fourth-order valence-electron chi connectivity index (χ4n) is 1.66. The van der Waals surface area contributed by atoms with E-state index < -0.39 is 0 Å². The summed E-state index contributed by atoms with van der Waals surface area (Å²) >= 11 is 3.54. The maximum Gasteiger partial charge on any atom is 0.223 e. The number of amides is 1. The number of carbonyl (C=O) groups is 1. The molecule has 0 fully saturated rings. The number of halogens is 1. The van der Waals surface area contributed by atoms with Crippen LogP contribution in [0.1, 0.15) is 25.8 Å². The van der Waals surface area contributed by atoms with E-state index in [9.17, 15) is 4.79 Å². The summed E-state index contributed by atoms with van der Waals surface area (Å²) in [5.74, 6) is 1.40. The van der Waals surface area contributed by atoms with Crippen LogP contribution in [0, 0.1) is 5.92 Å². The third kappa shape index (κ3) is 6.39. The highest BCUT2D eigenvalue weighted by atomic mass is 79.9. The van der Waals surface area contributed by atoms with Crippen LogP contribution < -0.4 is 15.4 Å². The molecule has 5 heteroatoms. The van der Waals surface area contributed by atoms with Crippen LogP contribution in [0.15, 0.2) is 22.7 Å². The molecule has 0 saturated carbocycles. The van der Waals surface area contributed by atoms with E-state index >= 15 is 0 Å². The van der Waals surface area contributed by atoms with E-state index in [2.05, 4.69) is 40.4 Å². The molecule has 0 heterocycles. The third-order valence-corrected chi connectivity index (χ3v) is 3.54. The van der Waals surface area contributed by atoms with Crippen LogP contribution in [-0.4, -0.2) is 26.1 Å². The van der Waals surface area contributed by atoms with Gasteiger partial charge in [-0.3, -0.25) is 4.79 Å². The van der Waals surface area contributed by atoms with Crippen LogP contribution in [0.5, 0.6) is 5.75 Å². The lowest BCUT2D eigenvalue weighted by atomic mass is 10.2. The first-order valence-corrected chi connectivity index (χ1v) is 7.64. The molecule has 1 aromatic carbocycles. The zero-order chi connectivity index (χ0) is 15.0. The molecular weight excluding hydrogens is 320 g/mol. The minimum Gasteiger partial charge on any atom is -0.493 e. The van der Waals surface area contributed by atoms with Crippen molar-refractivity contribution in [2.24, 2.45) is 5.92 Å². The smallest absolute Gasteiger partial charge is 0.223 e. The van der Waals surface area contributed by atoms with Gasteiger partial charge >= 0.3 is 0 Å². The Labute approximate surface area is 129 Å². The molecule has 0 aliphatic carbocycles. The summed E-state index contributed by atoms with van der Waals surface area (Å²) in [7, 11) is 1.63. The predicted molar refractivity (Wildman–Crippen MR) is 84.9 cm³/mol. The number of ether oxygens (including phenoxy) is 1. The molecule has 112 valence electrons. The summed E-state index contributed by atoms with van der Waals surface area (Å²) in [6.45, 7) is 6.53. The van der Waals surface area contributed by atoms with Gasteiger partial charge in [-0.1, -0.05) is 29.8 Å². The Morgan fingerprint density at radius 3 is 2.80 bits per heavy atom. The van der Waals surface area contributed by atoms with Crippen LogP contribution in [0.3, 0.4) is 0 Å². The number of hydrogen-bond acceptors (Lipinski definition) is 3. The van der Waals surface area contributed by atoms with Crippen LogP contribution >= 0.6 is 15.9 Å². The van der Waals surface area contributed by atoms with Gasteiger partial charge in [0.2, 0.25) is 5.91 Å². The second kappa shape index (κ2) is 8.97. The Kier molecular flexibility index (Phi) is 7.62. The number of nitrogens with one attached hydrogen (secondary N) is 2. The van der Waals surface area contributed by atoms with Gasteiger partial charge in [-0.15, -0.1) is 0 Å². The van der Waals surface area contributed by atoms with Gasteiger partial charge in [-0.2, -0.15) is 0 Å². The summed E-state index contributed by atoms with van der Waals surface area (Å²) in [6.07, 6.45) is 0.369. The van der Waals surface area contributed by atoms with Gasteiger partial charge in [0.15, 0.2) is 0 Å². The SMILES string of the molecule is CNC(=O)CCOc1ccc(Br)c(CNCC(C)C)c1. The minimum atomic E-state index is -0.0130. The Morgan fingerprint density at radius 2 is 2.15 bits per heavy atom. The summed E-state index contributed by atoms with van der Waals surface area (Å²) in [4.78, 5) is 11.1. The average Bonchev–Trinajstić information content (AvgIpc) is 2.41. The second-order valence-electron chi connectivity index (χ2n) is 5.05. The molecule has 0 bridgehead atoms. The molecule has 1 amide bonds. The number of hydrogen-bond donors (Lipinski definition) is 2. The van der Waals surface area contributed by atoms with Crippen molar-refractivity contribution in [3.05, 3.63) is 28.2 Å². The molecule has 0 aromatic heterocycles. The number of benzene rings is 1. The second-order valence-corrected chi connectivity index (χ2v) is 5.90. The molecule has 0 radical (unpaired) electrons. The van der Waals surface area contributed by atoms with Crippen molar-refractivity contribution >= 4 is 21.8 Å². The zero-order valence-electron chi connectivity index (χ0n) is 12.3. The van der Waals surface area contributed by atoms with Crippen molar-refractivity contribution in [1.29, 1.82) is 0 Å². The van der Waals surface area contributed by atoms with Crippen LogP contribution in [0.2, 0.25) is 0 Å². The molecule has 0 aliphatic rings. The molecule has 0 unspecified atom stereocenters. The monoisotopic (exact) mass is 342 g/mol. The molecule has 2 N–H and O–H groups in total. The Bertz CT molecular complexity index is 436. The Balaban J connectivity index is 2.50. The van der Waals surface area contributed by atoms with Crippen molar-refractivity contribution in [1.82, 2.24) is 10.6 Å². The van der Waals surface area contributed by atoms with E-state index in [1.165, 1.54) is 0 Å². The van der Waals surface area contributed by atoms with Gasteiger partial charge in [0.05, 0.1) is 13.0 Å². The van der Waals surface area contributed by atoms with Crippen molar-refractivity contribution in [3.8, 4) is 5.75 Å². The molecule has 1 rings (SSSR count). The molecule has 0 aliphatic heterocycles. The van der Waals surface area contributed by atoms with Crippen molar-refractivity contribution < 1.29 is 9.53 Å². The highest BCUT2D eigenvalue weighted by molar-refractivity contribution is 9.10. The first kappa shape index (κ1) is 17.0. The van der Waals surface area contributed by atoms with E-state index in [4.69, 9.17) is 4.74 Å². The van der Waals surface area contributed by atoms with E-state index in [-0.39, 0.29) is 5.91 Å². The fourth-order valence-corrected chi connectivity index (χ4v) is 2.05. The van der Waals surface area contributed by atoms with E-state index in [0.717, 1.165) is 28.9 Å². The van der Waals surface area contributed by atoms with Crippen LogP contribution in [0.25, 0.3) is 0 Å². The molecule has 0 saturated heterocycles. The fraction of sp³-hybridized carbons (Fsp3) is 0.533. The lowest BCUT2D eigenvalue weighted by Crippen LogP contribution is -2.20. The average molecular weight is 343 g/mol. The van der Waals surface area contributed by atoms with E-state index in [1.807, 2.05) is 18.2 Å². The van der Waals surface area contributed by atoms with E-state index in [1.54, 1.807) is 7.05 Å². The normalized spacial score (nSPS) is 10.7. The maximum absolute atomic E-state index is 11.1. The summed E-state index contributed by atoms with van der Waals surface area (Å²) < 4.78 is 6.65. The lowest BCUT2D eigenvalue weighted by Gasteiger charge is -2.11. The Morgan fingerprint density at radius 1 is 1.40 bits per heavy atom. The topological polar surface area (TPSA) is 50.4 Å². The van der Waals surface area contributed by atoms with Crippen LogP contribution in [-0.2, 0) is 11.3 Å². The highest BCUT2D eigenvalue weighted by Crippen LogP contribution is 2.22. The van der Waals surface area contributed by atoms with Crippen molar-refractivity contribution in [3.63, 3.8) is 0 Å². The molecular formula is C15H23BrN2O2. The van der Waals surface area contributed by atoms with Gasteiger partial charge < -0.3 is 15.4 Å². The van der Waals surface area contributed by atoms with Crippen molar-refractivity contribution in [2.75, 3.05) is 20.2 Å². The number of rotatable bonds is 8. The molecule has 20 heavy (non-hydrogen) atoms. The quantitative estimate of drug-likeness (QED) is 0.763. The largest absolute Gasteiger partial charge is 0.493 e. The number of carbonyl (C=O) groups excluding carboxylic acids is 1. The molecule has 0 atom stereocenters. The van der Waals surface area contributed by atoms with E-state index in [0.29, 0.717) is 18.9 Å². The first-order chi connectivity index (χ1) is 9.52. The molecule has 0 spiro atoms. The van der Waals surface area contributed by atoms with Gasteiger partial charge in [-0.05, 0) is 36.2 Å². The highest BCUT2D eigenvalue weighted by Gasteiger charge is 2.04. The van der Waals surface area contributed by atoms with Gasteiger partial charge in [0.1, 0.15) is 5.75 Å². The summed E-state index contributed by atoms with van der Waals surface area (Å²) in [5.41, 5.74) is 1.16. The van der Waals surface area contributed by atoms with Gasteiger partial charge in [0, 0.05) is 18.1 Å². The maximum atomic E-state index is 11.1. The standard InChI is InChI=1S/C15H23BrN2O2/c1-11(2)9-18-10-12-8-13(4-5-14(12)16)20-7-6-15(19)17-3/h4-5,8,11,18H,6-7,9-10H2,1-3H3,(H,17,19). The van der Waals surface area contributed by atoms with Crippen molar-refractivity contribution in [2.45, 2.75) is 26.8 Å². The molecule has 4 nitrogen and oxygen atoms in total. The zero-order valence-corrected chi connectivity index (χ0v) is 13.9. The summed E-state index contributed by atoms with van der Waals surface area (Å²) in [6, 6.07) is 5.88. The third-order valence-electron chi connectivity index (χ3n) is 2.76. The summed E-state index contributed by atoms with van der Waals surface area (Å²) in [5, 5.41) is 5.98. The first-order valence-electron chi connectivity index (χ1n) is 6.85.